The van der Waals surface area contributed by atoms with Crippen molar-refractivity contribution in [3.63, 3.8) is 0 Å². The van der Waals surface area contributed by atoms with Gasteiger partial charge in [-0.3, -0.25) is 4.55 Å². The van der Waals surface area contributed by atoms with Crippen molar-refractivity contribution in [3.05, 3.63) is 12.2 Å². The van der Waals surface area contributed by atoms with Gasteiger partial charge in [-0.05, 0) is 26.2 Å². The topological polar surface area (TPSA) is 54.4 Å². The van der Waals surface area contributed by atoms with Crippen LogP contribution in [0.1, 0.15) is 46.0 Å². The van der Waals surface area contributed by atoms with Crippen LogP contribution in [0.3, 0.4) is 0 Å². The molecule has 0 fully saturated rings. The van der Waals surface area contributed by atoms with Crippen molar-refractivity contribution in [2.75, 3.05) is 0 Å². The van der Waals surface area contributed by atoms with Gasteiger partial charge in [-0.25, -0.2) is 0 Å². The van der Waals surface area contributed by atoms with Gasteiger partial charge in [0.1, 0.15) is 0 Å². The van der Waals surface area contributed by atoms with Crippen molar-refractivity contribution >= 4 is 10.1 Å². The summed E-state index contributed by atoms with van der Waals surface area (Å²) in [7, 11) is -3.83. The highest BCUT2D eigenvalue weighted by molar-refractivity contribution is 7.86. The van der Waals surface area contributed by atoms with Gasteiger partial charge < -0.3 is 0 Å². The molecule has 1 unspecified atom stereocenters. The maximum absolute atomic E-state index is 10.6. The Kier molecular flexibility index (Phi) is 6.83. The maximum Gasteiger partial charge on any atom is 0.267 e. The normalized spacial score (nSPS) is 14.8. The molecule has 14 heavy (non-hydrogen) atoms. The molecule has 0 aromatic rings. The smallest absolute Gasteiger partial charge is 0.267 e. The van der Waals surface area contributed by atoms with Crippen LogP contribution in [0.4, 0.5) is 0 Å². The third-order valence-electron chi connectivity index (χ3n) is 2.14. The van der Waals surface area contributed by atoms with Crippen molar-refractivity contribution in [2.24, 2.45) is 0 Å². The summed E-state index contributed by atoms with van der Waals surface area (Å²) in [6.45, 7) is 3.66. The third kappa shape index (κ3) is 7.09. The minimum absolute atomic E-state index is 0.488. The van der Waals surface area contributed by atoms with Crippen LogP contribution in [0.15, 0.2) is 12.2 Å². The molecule has 0 aromatic heterocycles. The molecule has 0 spiro atoms. The highest BCUT2D eigenvalue weighted by Gasteiger charge is 2.15. The molecule has 0 radical (unpaired) electrons. The Morgan fingerprint density at radius 3 is 2.36 bits per heavy atom. The fourth-order valence-corrected chi connectivity index (χ4v) is 1.47. The van der Waals surface area contributed by atoms with Crippen LogP contribution in [-0.2, 0) is 10.1 Å². The van der Waals surface area contributed by atoms with Gasteiger partial charge in [0.25, 0.3) is 10.1 Å². The first-order valence-electron chi connectivity index (χ1n) is 5.09. The summed E-state index contributed by atoms with van der Waals surface area (Å²) >= 11 is 0. The van der Waals surface area contributed by atoms with Gasteiger partial charge >= 0.3 is 0 Å². The van der Waals surface area contributed by atoms with Crippen molar-refractivity contribution in [2.45, 2.75) is 51.2 Å². The SMILES string of the molecule is CCCCC=CCCC(C)S(=O)(=O)O. The van der Waals surface area contributed by atoms with E-state index >= 15 is 0 Å². The molecule has 0 heterocycles. The fourth-order valence-electron chi connectivity index (χ4n) is 1.04. The Labute approximate surface area is 87.0 Å². The Balaban J connectivity index is 3.59. The number of unbranched alkanes of at least 4 members (excludes halogenated alkanes) is 2. The van der Waals surface area contributed by atoms with Gasteiger partial charge in [0.05, 0.1) is 5.25 Å². The second-order valence-electron chi connectivity index (χ2n) is 3.52. The van der Waals surface area contributed by atoms with Crippen LogP contribution in [0, 0.1) is 0 Å². The van der Waals surface area contributed by atoms with Crippen molar-refractivity contribution in [1.82, 2.24) is 0 Å². The first-order valence-corrected chi connectivity index (χ1v) is 6.60. The summed E-state index contributed by atoms with van der Waals surface area (Å²) in [6.07, 6.45) is 8.65. The molecular formula is C10H20O3S. The Bertz CT molecular complexity index is 255. The largest absolute Gasteiger partial charge is 0.285 e. The van der Waals surface area contributed by atoms with Crippen LogP contribution in [0.5, 0.6) is 0 Å². The maximum atomic E-state index is 10.6. The Morgan fingerprint density at radius 2 is 1.86 bits per heavy atom. The van der Waals surface area contributed by atoms with Crippen molar-refractivity contribution < 1.29 is 13.0 Å². The minimum Gasteiger partial charge on any atom is -0.285 e. The van der Waals surface area contributed by atoms with E-state index in [1.807, 2.05) is 6.08 Å². The van der Waals surface area contributed by atoms with Crippen molar-refractivity contribution in [3.8, 4) is 0 Å². The first-order chi connectivity index (χ1) is 6.48. The summed E-state index contributed by atoms with van der Waals surface area (Å²) in [6, 6.07) is 0. The number of allylic oxidation sites excluding steroid dienone is 2. The van der Waals surface area contributed by atoms with Crippen molar-refractivity contribution in [1.29, 1.82) is 0 Å². The summed E-state index contributed by atoms with van der Waals surface area (Å²) in [5, 5.41) is -0.654. The van der Waals surface area contributed by atoms with E-state index in [-0.39, 0.29) is 0 Å². The van der Waals surface area contributed by atoms with E-state index in [9.17, 15) is 8.42 Å². The molecule has 1 N–H and O–H groups in total. The highest BCUT2D eigenvalue weighted by atomic mass is 32.2. The van der Waals surface area contributed by atoms with E-state index < -0.39 is 15.4 Å². The molecule has 0 aliphatic carbocycles. The van der Waals surface area contributed by atoms with Crippen LogP contribution in [0.25, 0.3) is 0 Å². The van der Waals surface area contributed by atoms with Gasteiger partial charge in [0, 0.05) is 0 Å². The molecule has 0 bridgehead atoms. The lowest BCUT2D eigenvalue weighted by atomic mass is 10.2. The minimum atomic E-state index is -3.83. The van der Waals surface area contributed by atoms with E-state index in [4.69, 9.17) is 4.55 Å². The van der Waals surface area contributed by atoms with E-state index in [2.05, 4.69) is 13.0 Å². The zero-order chi connectivity index (χ0) is 11.0. The summed E-state index contributed by atoms with van der Waals surface area (Å²) in [4.78, 5) is 0. The quantitative estimate of drug-likeness (QED) is 0.408. The lowest BCUT2D eigenvalue weighted by Crippen LogP contribution is -2.15. The molecule has 84 valence electrons. The molecule has 1 atom stereocenters. The van der Waals surface area contributed by atoms with Gasteiger partial charge in [-0.2, -0.15) is 8.42 Å². The fraction of sp³-hybridized carbons (Fsp3) is 0.800. The number of hydrogen-bond acceptors (Lipinski definition) is 2. The van der Waals surface area contributed by atoms with Crippen LogP contribution in [0.2, 0.25) is 0 Å². The molecule has 0 saturated heterocycles. The van der Waals surface area contributed by atoms with Gasteiger partial charge in [0.2, 0.25) is 0 Å². The molecule has 0 aliphatic rings. The van der Waals surface area contributed by atoms with E-state index in [0.29, 0.717) is 12.8 Å². The molecule has 0 aliphatic heterocycles. The lowest BCUT2D eigenvalue weighted by molar-refractivity contribution is 0.466. The second kappa shape index (κ2) is 7.01. The van der Waals surface area contributed by atoms with E-state index in [1.54, 1.807) is 0 Å². The standard InChI is InChI=1S/C10H20O3S/c1-3-4-5-6-7-8-9-10(2)14(11,12)13/h6-7,10H,3-5,8-9H2,1-2H3,(H,11,12,13). The van der Waals surface area contributed by atoms with Gasteiger partial charge in [-0.15, -0.1) is 0 Å². The zero-order valence-electron chi connectivity index (χ0n) is 8.94. The average Bonchev–Trinajstić information content (AvgIpc) is 2.09. The highest BCUT2D eigenvalue weighted by Crippen LogP contribution is 2.07. The van der Waals surface area contributed by atoms with Gasteiger partial charge in [0.15, 0.2) is 0 Å². The van der Waals surface area contributed by atoms with E-state index in [0.717, 1.165) is 6.42 Å². The average molecular weight is 220 g/mol. The number of rotatable bonds is 7. The van der Waals surface area contributed by atoms with Crippen LogP contribution < -0.4 is 0 Å². The number of hydrogen-bond donors (Lipinski definition) is 1. The molecule has 3 nitrogen and oxygen atoms in total. The summed E-state index contributed by atoms with van der Waals surface area (Å²) < 4.78 is 29.9. The zero-order valence-corrected chi connectivity index (χ0v) is 9.76. The molecule has 0 rings (SSSR count). The summed E-state index contributed by atoms with van der Waals surface area (Å²) in [5.74, 6) is 0. The Morgan fingerprint density at radius 1 is 1.29 bits per heavy atom. The predicted octanol–water partition coefficient (Wildman–Crippen LogP) is 2.79. The van der Waals surface area contributed by atoms with Crippen LogP contribution >= 0.6 is 0 Å². The second-order valence-corrected chi connectivity index (χ2v) is 5.35. The molecule has 0 aromatic carbocycles. The van der Waals surface area contributed by atoms with E-state index in [1.165, 1.54) is 19.8 Å². The molecule has 0 saturated carbocycles. The first kappa shape index (κ1) is 13.7. The van der Waals surface area contributed by atoms with Crippen LogP contribution in [-0.4, -0.2) is 18.2 Å². The monoisotopic (exact) mass is 220 g/mol. The molecule has 4 heteroatoms. The Hall–Kier alpha value is -0.350. The molecule has 0 amide bonds. The van der Waals surface area contributed by atoms with Gasteiger partial charge in [-0.1, -0.05) is 31.9 Å². The molecular weight excluding hydrogens is 200 g/mol. The third-order valence-corrected chi connectivity index (χ3v) is 3.39. The predicted molar refractivity (Wildman–Crippen MR) is 58.9 cm³/mol. The summed E-state index contributed by atoms with van der Waals surface area (Å²) in [5.41, 5.74) is 0. The lowest BCUT2D eigenvalue weighted by Gasteiger charge is -2.04.